The van der Waals surface area contributed by atoms with Gasteiger partial charge in [-0.2, -0.15) is 0 Å². The van der Waals surface area contributed by atoms with E-state index in [1.807, 2.05) is 6.07 Å². The zero-order valence-electron chi connectivity index (χ0n) is 39.1. The topological polar surface area (TPSA) is 48.5 Å². The van der Waals surface area contributed by atoms with Crippen LogP contribution >= 0.6 is 0 Å². The van der Waals surface area contributed by atoms with E-state index in [0.29, 0.717) is 17.5 Å². The van der Waals surface area contributed by atoms with Crippen molar-refractivity contribution >= 4 is 43.6 Å². The maximum Gasteiger partial charge on any atom is 0.166 e. The van der Waals surface area contributed by atoms with Crippen molar-refractivity contribution in [2.75, 3.05) is 0 Å². The van der Waals surface area contributed by atoms with E-state index < -0.39 is 0 Å². The van der Waals surface area contributed by atoms with Gasteiger partial charge < -0.3 is 9.13 Å². The van der Waals surface area contributed by atoms with Crippen LogP contribution in [0.1, 0.15) is 33.4 Å². The third-order valence-corrected chi connectivity index (χ3v) is 13.7. The quantitative estimate of drug-likeness (QED) is 0.160. The van der Waals surface area contributed by atoms with Crippen LogP contribution in [0.15, 0.2) is 188 Å². The summed E-state index contributed by atoms with van der Waals surface area (Å²) in [5.74, 6) is 1.79. The van der Waals surface area contributed by atoms with Crippen molar-refractivity contribution in [3.05, 3.63) is 221 Å². The number of fused-ring (bicyclic) bond motifs is 6. The normalized spacial score (nSPS) is 11.7. The smallest absolute Gasteiger partial charge is 0.166 e. The molecule has 0 atom stereocenters. The molecule has 0 aliphatic heterocycles. The van der Waals surface area contributed by atoms with Crippen molar-refractivity contribution in [1.82, 2.24) is 24.1 Å². The molecule has 3 heterocycles. The Morgan fingerprint density at radius 1 is 0.279 bits per heavy atom. The highest BCUT2D eigenvalue weighted by Crippen LogP contribution is 2.45. The minimum absolute atomic E-state index is 0.592. The molecule has 12 rings (SSSR count). The number of hydrogen-bond acceptors (Lipinski definition) is 3. The lowest BCUT2D eigenvalue weighted by molar-refractivity contribution is 1.06. The van der Waals surface area contributed by atoms with Gasteiger partial charge in [-0.3, -0.25) is 0 Å². The number of aromatic nitrogens is 5. The molecule has 5 nitrogen and oxygen atoms in total. The number of aryl methyl sites for hydroxylation is 6. The van der Waals surface area contributed by atoms with Gasteiger partial charge in [-0.25, -0.2) is 15.0 Å². The molecule has 0 bridgehead atoms. The molecular formula is C63H49N5. The summed E-state index contributed by atoms with van der Waals surface area (Å²) in [6.07, 6.45) is 0. The third-order valence-electron chi connectivity index (χ3n) is 13.7. The molecule has 0 N–H and O–H groups in total. The zero-order chi connectivity index (χ0) is 46.2. The third kappa shape index (κ3) is 6.73. The molecule has 0 saturated carbocycles. The van der Waals surface area contributed by atoms with Gasteiger partial charge in [-0.05, 0) is 124 Å². The summed E-state index contributed by atoms with van der Waals surface area (Å²) in [6.45, 7) is 13.1. The summed E-state index contributed by atoms with van der Waals surface area (Å²) < 4.78 is 4.89. The first-order valence-corrected chi connectivity index (χ1v) is 23.4. The van der Waals surface area contributed by atoms with Gasteiger partial charge >= 0.3 is 0 Å². The number of benzene rings is 9. The maximum absolute atomic E-state index is 5.68. The van der Waals surface area contributed by atoms with Gasteiger partial charge in [0.1, 0.15) is 0 Å². The SMILES string of the molecule is Cc1ccc2c(c1)c1cc(C)ccc1n2-c1c(-c2nc(-c3ccccc3)nc(-c3cccc(-c4ccccc4C)c3-n3c4ccc(C)cc4c4cc(C)ccc43)n2)cccc1-c1ccccc1C. The van der Waals surface area contributed by atoms with Gasteiger partial charge in [0.2, 0.25) is 0 Å². The number of rotatable bonds is 7. The maximum atomic E-state index is 5.68. The van der Waals surface area contributed by atoms with Crippen LogP contribution in [0.5, 0.6) is 0 Å². The lowest BCUT2D eigenvalue weighted by atomic mass is 9.95. The first kappa shape index (κ1) is 41.1. The van der Waals surface area contributed by atoms with Crippen molar-refractivity contribution in [3.63, 3.8) is 0 Å². The highest BCUT2D eigenvalue weighted by Gasteiger charge is 2.26. The average Bonchev–Trinajstić information content (AvgIpc) is 3.84. The van der Waals surface area contributed by atoms with Crippen molar-refractivity contribution in [3.8, 4) is 67.8 Å². The Bertz CT molecular complexity index is 3630. The summed E-state index contributed by atoms with van der Waals surface area (Å²) in [5, 5.41) is 4.85. The van der Waals surface area contributed by atoms with E-state index in [0.717, 1.165) is 72.4 Å². The van der Waals surface area contributed by atoms with Gasteiger partial charge in [-0.1, -0.05) is 150 Å². The highest BCUT2D eigenvalue weighted by molar-refractivity contribution is 6.12. The second-order valence-corrected chi connectivity index (χ2v) is 18.5. The fourth-order valence-electron chi connectivity index (χ4n) is 10.4. The Morgan fingerprint density at radius 2 is 0.603 bits per heavy atom. The Hall–Kier alpha value is -8.41. The molecule has 0 aliphatic carbocycles. The molecule has 3 aromatic heterocycles. The zero-order valence-corrected chi connectivity index (χ0v) is 39.1. The molecule has 0 fully saturated rings. The van der Waals surface area contributed by atoms with Crippen molar-refractivity contribution in [1.29, 1.82) is 0 Å². The van der Waals surface area contributed by atoms with Crippen molar-refractivity contribution < 1.29 is 0 Å². The van der Waals surface area contributed by atoms with E-state index in [2.05, 4.69) is 233 Å². The molecule has 0 saturated heterocycles. The summed E-state index contributed by atoms with van der Waals surface area (Å²) in [7, 11) is 0. The van der Waals surface area contributed by atoms with Crippen molar-refractivity contribution in [2.45, 2.75) is 41.5 Å². The van der Waals surface area contributed by atoms with Gasteiger partial charge in [0, 0.05) is 49.4 Å². The van der Waals surface area contributed by atoms with E-state index >= 15 is 0 Å². The van der Waals surface area contributed by atoms with Crippen LogP contribution in [0.4, 0.5) is 0 Å². The molecule has 0 radical (unpaired) electrons. The minimum Gasteiger partial charge on any atom is -0.308 e. The van der Waals surface area contributed by atoms with Crippen LogP contribution < -0.4 is 0 Å². The number of para-hydroxylation sites is 2. The summed E-state index contributed by atoms with van der Waals surface area (Å²) in [4.78, 5) is 16.6. The molecule has 0 spiro atoms. The van der Waals surface area contributed by atoms with Crippen LogP contribution in [-0.4, -0.2) is 24.1 Å². The molecular weight excluding hydrogens is 827 g/mol. The lowest BCUT2D eigenvalue weighted by Crippen LogP contribution is -2.07. The Balaban J connectivity index is 1.22. The number of hydrogen-bond donors (Lipinski definition) is 0. The summed E-state index contributed by atoms with van der Waals surface area (Å²) in [5.41, 5.74) is 21.0. The van der Waals surface area contributed by atoms with Crippen LogP contribution in [-0.2, 0) is 0 Å². The standard InChI is InChI=1S/C63H49N5/c1-38-26-30-55-51(34-38)52-35-39(2)27-31-56(52)67(55)59-47(45-20-12-10-16-42(45)5)22-14-24-49(59)62-64-61(44-18-8-7-9-19-44)65-63(66-62)50-25-15-23-48(46-21-13-11-17-43(46)6)60(50)68-57-32-28-40(3)36-53(57)54-37-41(4)29-33-58(54)68/h7-37H,1-6H3. The summed E-state index contributed by atoms with van der Waals surface area (Å²) >= 11 is 0. The lowest BCUT2D eigenvalue weighted by Gasteiger charge is -2.21. The molecule has 0 amide bonds. The average molecular weight is 876 g/mol. The minimum atomic E-state index is 0.592. The summed E-state index contributed by atoms with van der Waals surface area (Å²) in [6, 6.07) is 68.0. The Labute approximate surface area is 396 Å². The predicted molar refractivity (Wildman–Crippen MR) is 284 cm³/mol. The molecule has 12 aromatic rings. The Kier molecular flexibility index (Phi) is 9.77. The van der Waals surface area contributed by atoms with Crippen LogP contribution in [0.25, 0.3) is 111 Å². The highest BCUT2D eigenvalue weighted by atomic mass is 15.1. The molecule has 68 heavy (non-hydrogen) atoms. The van der Waals surface area contributed by atoms with Gasteiger partial charge in [-0.15, -0.1) is 0 Å². The van der Waals surface area contributed by atoms with E-state index in [1.165, 1.54) is 54.9 Å². The monoisotopic (exact) mass is 875 g/mol. The first-order valence-electron chi connectivity index (χ1n) is 23.4. The van der Waals surface area contributed by atoms with E-state index in [1.54, 1.807) is 0 Å². The van der Waals surface area contributed by atoms with Crippen molar-refractivity contribution in [2.24, 2.45) is 0 Å². The second kappa shape index (κ2) is 16.2. The van der Waals surface area contributed by atoms with Gasteiger partial charge in [0.25, 0.3) is 0 Å². The molecule has 5 heteroatoms. The fraction of sp³-hybridized carbons (Fsp3) is 0.0952. The second-order valence-electron chi connectivity index (χ2n) is 18.5. The fourth-order valence-corrected chi connectivity index (χ4v) is 10.4. The van der Waals surface area contributed by atoms with Crippen LogP contribution in [0.3, 0.4) is 0 Å². The predicted octanol–water partition coefficient (Wildman–Crippen LogP) is 16.3. The molecule has 326 valence electrons. The van der Waals surface area contributed by atoms with Crippen LogP contribution in [0.2, 0.25) is 0 Å². The molecule has 9 aromatic carbocycles. The van der Waals surface area contributed by atoms with Gasteiger partial charge in [0.05, 0.1) is 33.4 Å². The largest absolute Gasteiger partial charge is 0.308 e. The van der Waals surface area contributed by atoms with Crippen LogP contribution in [0, 0.1) is 41.5 Å². The first-order chi connectivity index (χ1) is 33.2. The van der Waals surface area contributed by atoms with E-state index in [-0.39, 0.29) is 0 Å². The number of nitrogens with zero attached hydrogens (tertiary/aromatic N) is 5. The molecule has 0 aliphatic rings. The molecule has 0 unspecified atom stereocenters. The van der Waals surface area contributed by atoms with E-state index in [9.17, 15) is 0 Å². The van der Waals surface area contributed by atoms with Gasteiger partial charge in [0.15, 0.2) is 17.5 Å². The van der Waals surface area contributed by atoms with E-state index in [4.69, 9.17) is 15.0 Å². The Morgan fingerprint density at radius 3 is 0.985 bits per heavy atom.